The van der Waals surface area contributed by atoms with E-state index in [-0.39, 0.29) is 11.7 Å². The van der Waals surface area contributed by atoms with Gasteiger partial charge >= 0.3 is 0 Å². The van der Waals surface area contributed by atoms with E-state index >= 15 is 0 Å². The van der Waals surface area contributed by atoms with Gasteiger partial charge in [-0.15, -0.1) is 0 Å². The van der Waals surface area contributed by atoms with E-state index in [1.54, 1.807) is 0 Å². The molecule has 0 radical (unpaired) electrons. The summed E-state index contributed by atoms with van der Waals surface area (Å²) in [5.74, 6) is -0.368. The van der Waals surface area contributed by atoms with Crippen molar-refractivity contribution in [2.45, 2.75) is 31.9 Å². The fraction of sp³-hybridized carbons (Fsp3) is 0.350. The highest BCUT2D eigenvalue weighted by atomic mass is 32.2. The number of para-hydroxylation sites is 1. The van der Waals surface area contributed by atoms with Crippen molar-refractivity contribution in [2.24, 2.45) is 0 Å². The van der Waals surface area contributed by atoms with Crippen LogP contribution in [-0.2, 0) is 14.8 Å². The minimum absolute atomic E-state index is 0.102. The Kier molecular flexibility index (Phi) is 5.34. The number of amides is 1. The van der Waals surface area contributed by atoms with Crippen molar-refractivity contribution in [3.05, 3.63) is 59.9 Å². The zero-order valence-electron chi connectivity index (χ0n) is 16.0. The van der Waals surface area contributed by atoms with E-state index in [1.807, 2.05) is 38.1 Å². The molecular weight excluding hydrogens is 383 g/mol. The molecule has 2 aromatic carbocycles. The Morgan fingerprint density at radius 1 is 1.25 bits per heavy atom. The van der Waals surface area contributed by atoms with E-state index in [9.17, 15) is 17.6 Å². The summed E-state index contributed by atoms with van der Waals surface area (Å²) in [6.45, 7) is 3.41. The van der Waals surface area contributed by atoms with Gasteiger partial charge in [0.2, 0.25) is 15.9 Å². The molecule has 8 heteroatoms. The first-order chi connectivity index (χ1) is 13.0. The summed E-state index contributed by atoms with van der Waals surface area (Å²) in [4.78, 5) is 12.7. The van der Waals surface area contributed by atoms with Gasteiger partial charge in [-0.2, -0.15) is 0 Å². The highest BCUT2D eigenvalue weighted by Gasteiger charge is 2.34. The minimum atomic E-state index is -3.77. The summed E-state index contributed by atoms with van der Waals surface area (Å²) in [5, 5.41) is 2.90. The first-order valence-corrected chi connectivity index (χ1v) is 10.7. The van der Waals surface area contributed by atoms with Crippen LogP contribution in [0.1, 0.15) is 31.9 Å². The number of benzene rings is 2. The second-order valence-electron chi connectivity index (χ2n) is 7.47. The number of rotatable bonds is 5. The third-order valence-corrected chi connectivity index (χ3v) is 5.64. The molecule has 2 aromatic rings. The SMILES string of the molecule is CC1(C)C[C@@H](NC(=O)CN(c2cccc(F)c2)S(C)(=O)=O)c2ccccc2O1. The van der Waals surface area contributed by atoms with Crippen LogP contribution in [0.3, 0.4) is 0 Å². The predicted octanol–water partition coefficient (Wildman–Crippen LogP) is 3.01. The molecule has 1 heterocycles. The van der Waals surface area contributed by atoms with Gasteiger partial charge in [-0.3, -0.25) is 9.10 Å². The topological polar surface area (TPSA) is 75.7 Å². The molecule has 0 spiro atoms. The van der Waals surface area contributed by atoms with Gasteiger partial charge in [-0.25, -0.2) is 12.8 Å². The van der Waals surface area contributed by atoms with Crippen molar-refractivity contribution in [1.82, 2.24) is 5.32 Å². The van der Waals surface area contributed by atoms with Crippen molar-refractivity contribution in [3.63, 3.8) is 0 Å². The summed E-state index contributed by atoms with van der Waals surface area (Å²) < 4.78 is 44.7. The van der Waals surface area contributed by atoms with Gasteiger partial charge < -0.3 is 10.1 Å². The van der Waals surface area contributed by atoms with Gasteiger partial charge in [0, 0.05) is 12.0 Å². The normalized spacial score (nSPS) is 17.9. The second kappa shape index (κ2) is 7.43. The zero-order chi connectivity index (χ0) is 20.5. The number of sulfonamides is 1. The number of anilines is 1. The fourth-order valence-electron chi connectivity index (χ4n) is 3.33. The number of nitrogens with zero attached hydrogens (tertiary/aromatic N) is 1. The first kappa shape index (κ1) is 20.1. The van der Waals surface area contributed by atoms with E-state index in [0.29, 0.717) is 12.2 Å². The smallest absolute Gasteiger partial charge is 0.241 e. The Hall–Kier alpha value is -2.61. The van der Waals surface area contributed by atoms with Crippen molar-refractivity contribution in [2.75, 3.05) is 17.1 Å². The van der Waals surface area contributed by atoms with Crippen LogP contribution in [-0.4, -0.2) is 32.7 Å². The molecule has 1 amide bonds. The number of fused-ring (bicyclic) bond motifs is 1. The molecule has 1 aliphatic rings. The standard InChI is InChI=1S/C20H23FN2O4S/c1-20(2)12-17(16-9-4-5-10-18(16)27-20)22-19(24)13-23(28(3,25)26)15-8-6-7-14(21)11-15/h4-11,17H,12-13H2,1-3H3,(H,22,24)/t17-/m1/s1. The summed E-state index contributed by atoms with van der Waals surface area (Å²) in [7, 11) is -3.77. The number of halogens is 1. The monoisotopic (exact) mass is 406 g/mol. The van der Waals surface area contributed by atoms with Crippen molar-refractivity contribution in [3.8, 4) is 5.75 Å². The largest absolute Gasteiger partial charge is 0.487 e. The summed E-state index contributed by atoms with van der Waals surface area (Å²) in [6, 6.07) is 12.3. The lowest BCUT2D eigenvalue weighted by Gasteiger charge is -2.38. The average molecular weight is 406 g/mol. The fourth-order valence-corrected chi connectivity index (χ4v) is 4.18. The molecule has 6 nitrogen and oxygen atoms in total. The Labute approximate surface area is 164 Å². The van der Waals surface area contributed by atoms with Crippen molar-refractivity contribution < 1.29 is 22.3 Å². The number of carbonyl (C=O) groups is 1. The quantitative estimate of drug-likeness (QED) is 0.828. The Morgan fingerprint density at radius 2 is 1.96 bits per heavy atom. The predicted molar refractivity (Wildman–Crippen MR) is 105 cm³/mol. The number of ether oxygens (including phenoxy) is 1. The third-order valence-electron chi connectivity index (χ3n) is 4.50. The number of nitrogens with one attached hydrogen (secondary N) is 1. The summed E-state index contributed by atoms with van der Waals surface area (Å²) in [6.07, 6.45) is 1.52. The number of hydrogen-bond acceptors (Lipinski definition) is 4. The van der Waals surface area contributed by atoms with Crippen molar-refractivity contribution >= 4 is 21.6 Å². The van der Waals surface area contributed by atoms with Gasteiger partial charge in [0.1, 0.15) is 23.7 Å². The molecule has 0 aliphatic carbocycles. The molecule has 0 aromatic heterocycles. The Morgan fingerprint density at radius 3 is 2.64 bits per heavy atom. The van der Waals surface area contributed by atoms with Gasteiger partial charge in [0.25, 0.3) is 0 Å². The molecule has 0 saturated carbocycles. The third kappa shape index (κ3) is 4.62. The Bertz CT molecular complexity index is 991. The molecule has 0 saturated heterocycles. The van der Waals surface area contributed by atoms with Crippen LogP contribution in [0.2, 0.25) is 0 Å². The van der Waals surface area contributed by atoms with Crippen LogP contribution in [0.4, 0.5) is 10.1 Å². The molecular formula is C20H23FN2O4S. The highest BCUT2D eigenvalue weighted by Crippen LogP contribution is 2.39. The molecule has 1 atom stereocenters. The maximum absolute atomic E-state index is 13.5. The lowest BCUT2D eigenvalue weighted by Crippen LogP contribution is -2.45. The maximum atomic E-state index is 13.5. The second-order valence-corrected chi connectivity index (χ2v) is 9.38. The van der Waals surface area contributed by atoms with E-state index in [2.05, 4.69) is 5.32 Å². The van der Waals surface area contributed by atoms with E-state index in [0.717, 1.165) is 22.2 Å². The van der Waals surface area contributed by atoms with Crippen LogP contribution < -0.4 is 14.4 Å². The summed E-state index contributed by atoms with van der Waals surface area (Å²) in [5.41, 5.74) is 0.461. The Balaban J connectivity index is 1.82. The average Bonchev–Trinajstić information content (AvgIpc) is 2.57. The molecule has 150 valence electrons. The van der Waals surface area contributed by atoms with Gasteiger partial charge in [0.15, 0.2) is 0 Å². The number of carbonyl (C=O) groups excluding carboxylic acids is 1. The molecule has 1 N–H and O–H groups in total. The lowest BCUT2D eigenvalue weighted by molar-refractivity contribution is -0.120. The van der Waals surface area contributed by atoms with Crippen LogP contribution in [0.5, 0.6) is 5.75 Å². The molecule has 28 heavy (non-hydrogen) atoms. The molecule has 1 aliphatic heterocycles. The molecule has 0 fully saturated rings. The van der Waals surface area contributed by atoms with Crippen molar-refractivity contribution in [1.29, 1.82) is 0 Å². The van der Waals surface area contributed by atoms with E-state index < -0.39 is 33.9 Å². The maximum Gasteiger partial charge on any atom is 0.241 e. The highest BCUT2D eigenvalue weighted by molar-refractivity contribution is 7.92. The molecule has 0 unspecified atom stereocenters. The van der Waals surface area contributed by atoms with Gasteiger partial charge in [-0.05, 0) is 38.1 Å². The van der Waals surface area contributed by atoms with Crippen LogP contribution in [0.15, 0.2) is 48.5 Å². The zero-order valence-corrected chi connectivity index (χ0v) is 16.8. The number of hydrogen-bond donors (Lipinski definition) is 1. The minimum Gasteiger partial charge on any atom is -0.487 e. The van der Waals surface area contributed by atoms with Gasteiger partial charge in [0.05, 0.1) is 18.0 Å². The van der Waals surface area contributed by atoms with Crippen LogP contribution in [0, 0.1) is 5.82 Å². The molecule has 0 bridgehead atoms. The lowest BCUT2D eigenvalue weighted by atomic mass is 9.89. The van der Waals surface area contributed by atoms with Crippen LogP contribution in [0.25, 0.3) is 0 Å². The molecule has 3 rings (SSSR count). The summed E-state index contributed by atoms with van der Waals surface area (Å²) >= 11 is 0. The van der Waals surface area contributed by atoms with E-state index in [1.165, 1.54) is 18.2 Å². The first-order valence-electron chi connectivity index (χ1n) is 8.86. The van der Waals surface area contributed by atoms with Gasteiger partial charge in [-0.1, -0.05) is 24.3 Å². The van der Waals surface area contributed by atoms with Crippen LogP contribution >= 0.6 is 0 Å². The van der Waals surface area contributed by atoms with E-state index in [4.69, 9.17) is 4.74 Å².